The minimum absolute atomic E-state index is 0.171. The number of para-hydroxylation sites is 1. The second-order valence-electron chi connectivity index (χ2n) is 6.06. The van der Waals surface area contributed by atoms with Gasteiger partial charge in [0.15, 0.2) is 17.8 Å². The Morgan fingerprint density at radius 2 is 1.92 bits per heavy atom. The zero-order chi connectivity index (χ0) is 17.9. The van der Waals surface area contributed by atoms with Crippen LogP contribution in [0, 0.1) is 0 Å². The Bertz CT molecular complexity index is 965. The predicted molar refractivity (Wildman–Crippen MR) is 103 cm³/mol. The monoisotopic (exact) mass is 363 g/mol. The summed E-state index contributed by atoms with van der Waals surface area (Å²) in [5.74, 6) is 1.05. The number of thioether (sulfide) groups is 1. The number of hydrogen-bond acceptors (Lipinski definition) is 4. The van der Waals surface area contributed by atoms with Gasteiger partial charge in [-0.25, -0.2) is 9.56 Å². The van der Waals surface area contributed by atoms with Crippen molar-refractivity contribution in [2.45, 2.75) is 18.0 Å². The van der Waals surface area contributed by atoms with Crippen LogP contribution in [0.1, 0.15) is 18.4 Å². The van der Waals surface area contributed by atoms with Crippen LogP contribution in [0.4, 0.5) is 5.69 Å². The SMILES string of the molecule is CC[N+]1=CC(C(=O)CSc2n[nH]c(-c3ccccc3)n2)c2ccccc21. The first-order valence-corrected chi connectivity index (χ1v) is 9.58. The maximum Gasteiger partial charge on any atom is 0.209 e. The second-order valence-corrected chi connectivity index (χ2v) is 7.00. The number of nitrogens with one attached hydrogen (secondary N) is 1. The predicted octanol–water partition coefficient (Wildman–Crippen LogP) is 3.67. The summed E-state index contributed by atoms with van der Waals surface area (Å²) in [4.78, 5) is 17.3. The van der Waals surface area contributed by atoms with Crippen molar-refractivity contribution in [1.82, 2.24) is 15.2 Å². The highest BCUT2D eigenvalue weighted by Gasteiger charge is 2.34. The standard InChI is InChI=1S/C20H19N4OS/c1-2-24-12-16(15-10-6-7-11-17(15)24)18(25)13-26-20-21-19(22-23-20)14-8-4-3-5-9-14/h3-12,16H,2,13H2,1H3,(H,21,22,23)/q+1. The number of aromatic amines is 1. The molecule has 0 spiro atoms. The summed E-state index contributed by atoms with van der Waals surface area (Å²) in [5, 5.41) is 7.75. The van der Waals surface area contributed by atoms with Gasteiger partial charge >= 0.3 is 0 Å². The molecule has 1 aromatic heterocycles. The fourth-order valence-corrected chi connectivity index (χ4v) is 3.86. The summed E-state index contributed by atoms with van der Waals surface area (Å²) in [6.45, 7) is 2.95. The Morgan fingerprint density at radius 3 is 2.73 bits per heavy atom. The van der Waals surface area contributed by atoms with Gasteiger partial charge < -0.3 is 0 Å². The molecule has 6 heteroatoms. The van der Waals surface area contributed by atoms with Gasteiger partial charge in [0.2, 0.25) is 10.8 Å². The topological polar surface area (TPSA) is 61.6 Å². The Morgan fingerprint density at radius 1 is 1.15 bits per heavy atom. The highest BCUT2D eigenvalue weighted by Crippen LogP contribution is 2.33. The second kappa shape index (κ2) is 7.25. The zero-order valence-corrected chi connectivity index (χ0v) is 15.2. The Kier molecular flexibility index (Phi) is 4.67. The maximum atomic E-state index is 12.8. The number of nitrogens with zero attached hydrogens (tertiary/aromatic N) is 3. The van der Waals surface area contributed by atoms with E-state index in [0.29, 0.717) is 10.9 Å². The largest absolute Gasteiger partial charge is 0.297 e. The van der Waals surface area contributed by atoms with E-state index in [9.17, 15) is 4.79 Å². The van der Waals surface area contributed by atoms with E-state index in [4.69, 9.17) is 0 Å². The van der Waals surface area contributed by atoms with Crippen LogP contribution in [-0.2, 0) is 4.79 Å². The molecule has 0 saturated heterocycles. The molecule has 2 heterocycles. The van der Waals surface area contributed by atoms with Gasteiger partial charge in [-0.2, -0.15) is 0 Å². The first-order valence-electron chi connectivity index (χ1n) is 8.60. The van der Waals surface area contributed by atoms with Gasteiger partial charge in [0.1, 0.15) is 12.5 Å². The molecule has 4 rings (SSSR count). The number of Topliss-reactive ketones (excluding diaryl/α,β-unsaturated/α-hetero) is 1. The summed E-state index contributed by atoms with van der Waals surface area (Å²) in [7, 11) is 0. The fourth-order valence-electron chi connectivity index (χ4n) is 3.15. The van der Waals surface area contributed by atoms with E-state index >= 15 is 0 Å². The third-order valence-corrected chi connectivity index (χ3v) is 5.32. The Labute approximate surface area is 156 Å². The molecule has 1 aliphatic heterocycles. The van der Waals surface area contributed by atoms with Crippen LogP contribution in [0.3, 0.4) is 0 Å². The van der Waals surface area contributed by atoms with E-state index in [-0.39, 0.29) is 11.7 Å². The lowest BCUT2D eigenvalue weighted by Gasteiger charge is -2.03. The van der Waals surface area contributed by atoms with Gasteiger partial charge in [-0.05, 0) is 6.92 Å². The summed E-state index contributed by atoms with van der Waals surface area (Å²) >= 11 is 1.37. The summed E-state index contributed by atoms with van der Waals surface area (Å²) in [5.41, 5.74) is 3.19. The van der Waals surface area contributed by atoms with Gasteiger partial charge in [-0.15, -0.1) is 5.10 Å². The van der Waals surface area contributed by atoms with E-state index in [1.807, 2.05) is 54.7 Å². The van der Waals surface area contributed by atoms with Crippen molar-refractivity contribution < 1.29 is 9.37 Å². The van der Waals surface area contributed by atoms with Gasteiger partial charge in [-0.3, -0.25) is 9.89 Å². The van der Waals surface area contributed by atoms with Crippen LogP contribution in [-0.4, -0.2) is 44.1 Å². The van der Waals surface area contributed by atoms with Gasteiger partial charge in [0.25, 0.3) is 0 Å². The number of carbonyl (C=O) groups is 1. The maximum absolute atomic E-state index is 12.8. The number of hydrogen-bond donors (Lipinski definition) is 1. The van der Waals surface area contributed by atoms with Gasteiger partial charge in [0.05, 0.1) is 5.75 Å². The van der Waals surface area contributed by atoms with Crippen LogP contribution >= 0.6 is 11.8 Å². The zero-order valence-electron chi connectivity index (χ0n) is 14.4. The molecular weight excluding hydrogens is 344 g/mol. The highest BCUT2D eigenvalue weighted by atomic mass is 32.2. The van der Waals surface area contributed by atoms with Crippen LogP contribution in [0.15, 0.2) is 59.8 Å². The molecule has 0 saturated carbocycles. The van der Waals surface area contributed by atoms with Crippen molar-refractivity contribution in [1.29, 1.82) is 0 Å². The van der Waals surface area contributed by atoms with E-state index < -0.39 is 0 Å². The molecule has 0 radical (unpaired) electrons. The van der Waals surface area contributed by atoms with Crippen molar-refractivity contribution in [3.8, 4) is 11.4 Å². The van der Waals surface area contributed by atoms with Crippen LogP contribution in [0.5, 0.6) is 0 Å². The van der Waals surface area contributed by atoms with Crippen molar-refractivity contribution in [3.63, 3.8) is 0 Å². The van der Waals surface area contributed by atoms with E-state index in [2.05, 4.69) is 32.7 Å². The highest BCUT2D eigenvalue weighted by molar-refractivity contribution is 7.99. The van der Waals surface area contributed by atoms with E-state index in [1.54, 1.807) is 0 Å². The average molecular weight is 363 g/mol. The Hall–Kier alpha value is -2.73. The molecular formula is C20H19N4OS+. The number of aromatic nitrogens is 3. The molecule has 1 unspecified atom stereocenters. The number of H-pyrrole nitrogens is 1. The Balaban J connectivity index is 1.45. The first kappa shape index (κ1) is 16.7. The molecule has 0 aliphatic carbocycles. The summed E-state index contributed by atoms with van der Waals surface area (Å²) < 4.78 is 2.14. The number of carbonyl (C=O) groups excluding carboxylic acids is 1. The van der Waals surface area contributed by atoms with Crippen LogP contribution < -0.4 is 0 Å². The van der Waals surface area contributed by atoms with Gasteiger partial charge in [-0.1, -0.05) is 60.3 Å². The molecule has 1 N–H and O–H groups in total. The minimum Gasteiger partial charge on any atom is -0.297 e. The summed E-state index contributed by atoms with van der Waals surface area (Å²) in [6.07, 6.45) is 2.03. The normalized spacial score (nSPS) is 15.6. The molecule has 3 aromatic rings. The number of ketones is 1. The van der Waals surface area contributed by atoms with Crippen LogP contribution in [0.2, 0.25) is 0 Å². The molecule has 0 fully saturated rings. The minimum atomic E-state index is -0.189. The molecule has 2 aromatic carbocycles. The van der Waals surface area contributed by atoms with Crippen molar-refractivity contribution in [3.05, 3.63) is 60.2 Å². The van der Waals surface area contributed by atoms with Crippen molar-refractivity contribution in [2.24, 2.45) is 0 Å². The van der Waals surface area contributed by atoms with Crippen LogP contribution in [0.25, 0.3) is 11.4 Å². The molecule has 130 valence electrons. The summed E-state index contributed by atoms with van der Waals surface area (Å²) in [6, 6.07) is 17.9. The molecule has 1 aliphatic rings. The lowest BCUT2D eigenvalue weighted by Crippen LogP contribution is -2.15. The lowest BCUT2D eigenvalue weighted by atomic mass is 9.98. The van der Waals surface area contributed by atoms with E-state index in [0.717, 1.165) is 29.2 Å². The smallest absolute Gasteiger partial charge is 0.209 e. The lowest BCUT2D eigenvalue weighted by molar-refractivity contribution is -0.428. The fraction of sp³-hybridized carbons (Fsp3) is 0.200. The van der Waals surface area contributed by atoms with Gasteiger partial charge in [0, 0.05) is 17.2 Å². The van der Waals surface area contributed by atoms with Crippen molar-refractivity contribution >= 4 is 29.4 Å². The van der Waals surface area contributed by atoms with E-state index in [1.165, 1.54) is 11.8 Å². The quantitative estimate of drug-likeness (QED) is 0.536. The molecule has 26 heavy (non-hydrogen) atoms. The van der Waals surface area contributed by atoms with Crippen molar-refractivity contribution in [2.75, 3.05) is 12.3 Å². The molecule has 1 atom stereocenters. The number of rotatable bonds is 6. The number of benzene rings is 2. The third kappa shape index (κ3) is 3.20. The molecule has 0 amide bonds. The first-order chi connectivity index (χ1) is 12.8. The number of fused-ring (bicyclic) bond motifs is 1. The third-order valence-electron chi connectivity index (χ3n) is 4.45. The average Bonchev–Trinajstić information content (AvgIpc) is 3.31. The molecule has 0 bridgehead atoms. The molecule has 5 nitrogen and oxygen atoms in total.